The summed E-state index contributed by atoms with van der Waals surface area (Å²) in [5.41, 5.74) is 11.1. The van der Waals surface area contributed by atoms with E-state index in [1.54, 1.807) is 0 Å². The number of carbonyl (C=O) groups is 1. The summed E-state index contributed by atoms with van der Waals surface area (Å²) in [5.74, 6) is 0.152. The third-order valence-corrected chi connectivity index (χ3v) is 3.26. The van der Waals surface area contributed by atoms with Crippen LogP contribution >= 0.6 is 0 Å². The van der Waals surface area contributed by atoms with E-state index in [0.29, 0.717) is 12.3 Å². The van der Waals surface area contributed by atoms with Crippen molar-refractivity contribution in [1.29, 1.82) is 0 Å². The predicted molar refractivity (Wildman–Crippen MR) is 53.0 cm³/mol. The first-order valence-electron chi connectivity index (χ1n) is 5.12. The Morgan fingerprint density at radius 1 is 1.46 bits per heavy atom. The molecule has 4 N–H and O–H groups in total. The molecule has 1 fully saturated rings. The summed E-state index contributed by atoms with van der Waals surface area (Å²) in [6.45, 7) is 2.13. The summed E-state index contributed by atoms with van der Waals surface area (Å²) in [5, 5.41) is 0. The summed E-state index contributed by atoms with van der Waals surface area (Å²) in [6.07, 6.45) is 6.02. The van der Waals surface area contributed by atoms with Crippen LogP contribution < -0.4 is 11.5 Å². The van der Waals surface area contributed by atoms with Gasteiger partial charge in [-0.25, -0.2) is 0 Å². The quantitative estimate of drug-likeness (QED) is 0.632. The average molecular weight is 184 g/mol. The molecule has 1 rings (SSSR count). The molecule has 3 heteroatoms. The minimum absolute atomic E-state index is 0.267. The Kier molecular flexibility index (Phi) is 3.31. The van der Waals surface area contributed by atoms with Crippen LogP contribution in [0.4, 0.5) is 0 Å². The van der Waals surface area contributed by atoms with Gasteiger partial charge in [0.2, 0.25) is 5.91 Å². The van der Waals surface area contributed by atoms with Crippen molar-refractivity contribution in [2.24, 2.45) is 17.4 Å². The highest BCUT2D eigenvalue weighted by atomic mass is 16.1. The lowest BCUT2D eigenvalue weighted by Gasteiger charge is -2.33. The van der Waals surface area contributed by atoms with Crippen LogP contribution in [0, 0.1) is 5.92 Å². The number of carbonyl (C=O) groups excluding carboxylic acids is 1. The highest BCUT2D eigenvalue weighted by Gasteiger charge is 2.34. The molecule has 1 amide bonds. The Morgan fingerprint density at radius 3 is 2.77 bits per heavy atom. The first-order valence-corrected chi connectivity index (χ1v) is 5.12. The lowest BCUT2D eigenvalue weighted by atomic mass is 9.79. The van der Waals surface area contributed by atoms with Crippen molar-refractivity contribution in [1.82, 2.24) is 0 Å². The van der Waals surface area contributed by atoms with E-state index in [0.717, 1.165) is 19.3 Å². The van der Waals surface area contributed by atoms with Crippen molar-refractivity contribution in [2.75, 3.05) is 0 Å². The van der Waals surface area contributed by atoms with Crippen LogP contribution in [0.25, 0.3) is 0 Å². The monoisotopic (exact) mass is 184 g/mol. The topological polar surface area (TPSA) is 69.1 Å². The van der Waals surface area contributed by atoms with Crippen LogP contribution in [-0.2, 0) is 4.79 Å². The molecule has 1 aliphatic rings. The number of hydrogen-bond acceptors (Lipinski definition) is 2. The third-order valence-electron chi connectivity index (χ3n) is 3.26. The molecule has 2 atom stereocenters. The molecule has 0 spiro atoms. The Balaban J connectivity index is 2.64. The number of rotatable bonds is 2. The van der Waals surface area contributed by atoms with Gasteiger partial charge in [0, 0.05) is 12.0 Å². The van der Waals surface area contributed by atoms with Crippen LogP contribution in [0.1, 0.15) is 45.4 Å². The van der Waals surface area contributed by atoms with E-state index in [4.69, 9.17) is 11.5 Å². The van der Waals surface area contributed by atoms with E-state index < -0.39 is 0 Å². The summed E-state index contributed by atoms with van der Waals surface area (Å²) in [7, 11) is 0. The van der Waals surface area contributed by atoms with E-state index in [2.05, 4.69) is 6.92 Å². The molecule has 2 unspecified atom stereocenters. The van der Waals surface area contributed by atoms with E-state index in [1.807, 2.05) is 0 Å². The minimum atomic E-state index is -0.331. The van der Waals surface area contributed by atoms with Gasteiger partial charge in [-0.3, -0.25) is 4.79 Å². The van der Waals surface area contributed by atoms with E-state index in [1.165, 1.54) is 12.8 Å². The average Bonchev–Trinajstić information content (AvgIpc) is 2.14. The lowest BCUT2D eigenvalue weighted by Crippen LogP contribution is -2.48. The molecular weight excluding hydrogens is 164 g/mol. The Bertz CT molecular complexity index is 193. The second-order valence-corrected chi connectivity index (χ2v) is 4.38. The molecule has 13 heavy (non-hydrogen) atoms. The minimum Gasteiger partial charge on any atom is -0.370 e. The highest BCUT2D eigenvalue weighted by molar-refractivity contribution is 5.75. The predicted octanol–water partition coefficient (Wildman–Crippen LogP) is 1.16. The fourth-order valence-electron chi connectivity index (χ4n) is 2.20. The molecule has 0 aromatic heterocycles. The number of primary amides is 1. The van der Waals surface area contributed by atoms with Crippen molar-refractivity contribution >= 4 is 5.91 Å². The maximum atomic E-state index is 10.9. The summed E-state index contributed by atoms with van der Waals surface area (Å²) >= 11 is 0. The molecule has 1 saturated carbocycles. The van der Waals surface area contributed by atoms with Gasteiger partial charge in [0.05, 0.1) is 0 Å². The maximum Gasteiger partial charge on any atom is 0.219 e. The van der Waals surface area contributed by atoms with Crippen LogP contribution in [0.15, 0.2) is 0 Å². The van der Waals surface area contributed by atoms with E-state index >= 15 is 0 Å². The molecule has 0 radical (unpaired) electrons. The number of amides is 1. The first kappa shape index (κ1) is 10.5. The van der Waals surface area contributed by atoms with Gasteiger partial charge in [-0.15, -0.1) is 0 Å². The van der Waals surface area contributed by atoms with Crippen molar-refractivity contribution in [3.05, 3.63) is 0 Å². The molecule has 0 bridgehead atoms. The lowest BCUT2D eigenvalue weighted by molar-refractivity contribution is -0.119. The fourth-order valence-corrected chi connectivity index (χ4v) is 2.20. The Morgan fingerprint density at radius 2 is 2.15 bits per heavy atom. The third kappa shape index (κ3) is 2.69. The molecule has 0 aromatic carbocycles. The summed E-state index contributed by atoms with van der Waals surface area (Å²) in [4.78, 5) is 10.9. The van der Waals surface area contributed by atoms with Gasteiger partial charge in [-0.05, 0) is 18.8 Å². The fraction of sp³-hybridized carbons (Fsp3) is 0.900. The smallest absolute Gasteiger partial charge is 0.219 e. The van der Waals surface area contributed by atoms with Gasteiger partial charge in [0.15, 0.2) is 0 Å². The van der Waals surface area contributed by atoms with Crippen LogP contribution in [-0.4, -0.2) is 11.4 Å². The summed E-state index contributed by atoms with van der Waals surface area (Å²) < 4.78 is 0. The molecule has 0 saturated heterocycles. The van der Waals surface area contributed by atoms with Gasteiger partial charge in [0.25, 0.3) is 0 Å². The maximum absolute atomic E-state index is 10.9. The largest absolute Gasteiger partial charge is 0.370 e. The standard InChI is InChI=1S/C10H20N2O/c1-8-5-3-2-4-6-10(8,12)7-9(11)13/h8H,2-7,12H2,1H3,(H2,11,13). The second-order valence-electron chi connectivity index (χ2n) is 4.38. The van der Waals surface area contributed by atoms with Gasteiger partial charge in [0.1, 0.15) is 0 Å². The molecule has 76 valence electrons. The van der Waals surface area contributed by atoms with Crippen molar-refractivity contribution in [3.63, 3.8) is 0 Å². The summed E-state index contributed by atoms with van der Waals surface area (Å²) in [6, 6.07) is 0. The number of nitrogens with two attached hydrogens (primary N) is 2. The van der Waals surface area contributed by atoms with Crippen LogP contribution in [0.5, 0.6) is 0 Å². The van der Waals surface area contributed by atoms with E-state index in [9.17, 15) is 4.79 Å². The zero-order chi connectivity index (χ0) is 9.90. The van der Waals surface area contributed by atoms with Crippen molar-refractivity contribution < 1.29 is 4.79 Å². The zero-order valence-corrected chi connectivity index (χ0v) is 8.38. The van der Waals surface area contributed by atoms with Gasteiger partial charge in [-0.1, -0.05) is 26.2 Å². The Labute approximate surface area is 79.9 Å². The van der Waals surface area contributed by atoms with E-state index in [-0.39, 0.29) is 11.4 Å². The van der Waals surface area contributed by atoms with Gasteiger partial charge >= 0.3 is 0 Å². The van der Waals surface area contributed by atoms with Crippen molar-refractivity contribution in [2.45, 2.75) is 51.0 Å². The molecule has 1 aliphatic carbocycles. The van der Waals surface area contributed by atoms with Crippen LogP contribution in [0.3, 0.4) is 0 Å². The van der Waals surface area contributed by atoms with Gasteiger partial charge in [-0.2, -0.15) is 0 Å². The highest BCUT2D eigenvalue weighted by Crippen LogP contribution is 2.32. The van der Waals surface area contributed by atoms with Crippen LogP contribution in [0.2, 0.25) is 0 Å². The molecule has 0 heterocycles. The first-order chi connectivity index (χ1) is 6.04. The second kappa shape index (κ2) is 4.09. The molecular formula is C10H20N2O. The molecule has 0 aromatic rings. The Hall–Kier alpha value is -0.570. The normalized spacial score (nSPS) is 35.4. The SMILES string of the molecule is CC1CCCCCC1(N)CC(N)=O. The van der Waals surface area contributed by atoms with Crippen molar-refractivity contribution in [3.8, 4) is 0 Å². The molecule has 3 nitrogen and oxygen atoms in total. The molecule has 0 aliphatic heterocycles. The van der Waals surface area contributed by atoms with Gasteiger partial charge < -0.3 is 11.5 Å². The zero-order valence-electron chi connectivity index (χ0n) is 8.38. The number of hydrogen-bond donors (Lipinski definition) is 2.